The first-order valence-corrected chi connectivity index (χ1v) is 5.99. The van der Waals surface area contributed by atoms with Gasteiger partial charge in [-0.15, -0.1) is 0 Å². The molecule has 17 heavy (non-hydrogen) atoms. The van der Waals surface area contributed by atoms with Gasteiger partial charge < -0.3 is 10.1 Å². The molecule has 0 bridgehead atoms. The first-order valence-electron chi connectivity index (χ1n) is 5.62. The number of carbonyl (C=O) groups is 1. The van der Waals surface area contributed by atoms with Gasteiger partial charge in [0, 0.05) is 5.02 Å². The van der Waals surface area contributed by atoms with Gasteiger partial charge in [-0.1, -0.05) is 43.6 Å². The maximum Gasteiger partial charge on any atom is 0.327 e. The van der Waals surface area contributed by atoms with Crippen LogP contribution in [-0.4, -0.2) is 19.6 Å². The molecule has 3 nitrogen and oxygen atoms in total. The summed E-state index contributed by atoms with van der Waals surface area (Å²) in [4.78, 5) is 11.7. The van der Waals surface area contributed by atoms with Gasteiger partial charge in [0.2, 0.25) is 0 Å². The molecule has 0 aliphatic heterocycles. The Morgan fingerprint density at radius 2 is 2.06 bits per heavy atom. The van der Waals surface area contributed by atoms with Crippen molar-refractivity contribution in [2.45, 2.75) is 19.9 Å². The van der Waals surface area contributed by atoms with Gasteiger partial charge in [0.15, 0.2) is 0 Å². The molecule has 1 atom stereocenters. The van der Waals surface area contributed by atoms with Gasteiger partial charge in [-0.05, 0) is 24.1 Å². The third kappa shape index (κ3) is 4.02. The topological polar surface area (TPSA) is 38.3 Å². The molecule has 0 radical (unpaired) electrons. The molecule has 1 rings (SSSR count). The first-order chi connectivity index (χ1) is 8.06. The number of hydrogen-bond donors (Lipinski definition) is 1. The highest BCUT2D eigenvalue weighted by Gasteiger charge is 2.22. The van der Waals surface area contributed by atoms with E-state index in [1.807, 2.05) is 18.2 Å². The highest BCUT2D eigenvalue weighted by molar-refractivity contribution is 6.31. The summed E-state index contributed by atoms with van der Waals surface area (Å²) in [7, 11) is 1.38. The Morgan fingerprint density at radius 1 is 1.41 bits per heavy atom. The maximum absolute atomic E-state index is 11.7. The van der Waals surface area contributed by atoms with Crippen molar-refractivity contribution in [1.82, 2.24) is 5.32 Å². The van der Waals surface area contributed by atoms with Gasteiger partial charge in [-0.25, -0.2) is 4.79 Å². The van der Waals surface area contributed by atoms with E-state index in [-0.39, 0.29) is 5.97 Å². The molecule has 0 fully saturated rings. The van der Waals surface area contributed by atoms with Gasteiger partial charge in [-0.3, -0.25) is 0 Å². The molecule has 1 aromatic carbocycles. The zero-order valence-electron chi connectivity index (χ0n) is 10.4. The molecule has 0 saturated carbocycles. The van der Waals surface area contributed by atoms with E-state index >= 15 is 0 Å². The predicted molar refractivity (Wildman–Crippen MR) is 69.0 cm³/mol. The van der Waals surface area contributed by atoms with E-state index in [1.54, 1.807) is 6.07 Å². The second-order valence-corrected chi connectivity index (χ2v) is 4.69. The molecule has 1 N–H and O–H groups in total. The van der Waals surface area contributed by atoms with Crippen LogP contribution in [0.3, 0.4) is 0 Å². The summed E-state index contributed by atoms with van der Waals surface area (Å²) in [6.07, 6.45) is 0. The molecule has 0 heterocycles. The van der Waals surface area contributed by atoms with Crippen LogP contribution in [0.2, 0.25) is 5.02 Å². The van der Waals surface area contributed by atoms with Crippen LogP contribution in [0.4, 0.5) is 0 Å². The summed E-state index contributed by atoms with van der Waals surface area (Å²) in [5.74, 6) is 0.128. The van der Waals surface area contributed by atoms with E-state index in [1.165, 1.54) is 7.11 Å². The average Bonchev–Trinajstić information content (AvgIpc) is 2.30. The van der Waals surface area contributed by atoms with Crippen LogP contribution in [0.5, 0.6) is 0 Å². The lowest BCUT2D eigenvalue weighted by molar-refractivity contribution is -0.143. The monoisotopic (exact) mass is 255 g/mol. The van der Waals surface area contributed by atoms with Crippen LogP contribution in [0.25, 0.3) is 0 Å². The number of rotatable bonds is 5. The van der Waals surface area contributed by atoms with Gasteiger partial charge in [-0.2, -0.15) is 0 Å². The fourth-order valence-electron chi connectivity index (χ4n) is 1.50. The number of carbonyl (C=O) groups excluding carboxylic acids is 1. The van der Waals surface area contributed by atoms with E-state index in [4.69, 9.17) is 16.3 Å². The molecule has 1 unspecified atom stereocenters. The number of ether oxygens (including phenoxy) is 1. The smallest absolute Gasteiger partial charge is 0.327 e. The number of hydrogen-bond acceptors (Lipinski definition) is 3. The Labute approximate surface area is 107 Å². The lowest BCUT2D eigenvalue weighted by atomic mass is 10.1. The second kappa shape index (κ2) is 6.62. The van der Waals surface area contributed by atoms with Crippen LogP contribution in [0.15, 0.2) is 24.3 Å². The molecule has 1 aromatic rings. The average molecular weight is 256 g/mol. The van der Waals surface area contributed by atoms with Gasteiger partial charge in [0.05, 0.1) is 7.11 Å². The fraction of sp³-hybridized carbons (Fsp3) is 0.462. The first kappa shape index (κ1) is 14.0. The van der Waals surface area contributed by atoms with E-state index in [2.05, 4.69) is 19.2 Å². The van der Waals surface area contributed by atoms with Crippen LogP contribution >= 0.6 is 11.6 Å². The summed E-state index contributed by atoms with van der Waals surface area (Å²) in [6, 6.07) is 6.79. The Bertz CT molecular complexity index is 379. The lowest BCUT2D eigenvalue weighted by Gasteiger charge is -2.19. The molecule has 0 saturated heterocycles. The minimum absolute atomic E-state index is 0.321. The summed E-state index contributed by atoms with van der Waals surface area (Å²) >= 11 is 6.09. The Hall–Kier alpha value is -1.06. The third-order valence-electron chi connectivity index (χ3n) is 2.38. The van der Waals surface area contributed by atoms with Crippen molar-refractivity contribution < 1.29 is 9.53 Å². The van der Waals surface area contributed by atoms with Crippen molar-refractivity contribution >= 4 is 17.6 Å². The van der Waals surface area contributed by atoms with Gasteiger partial charge in [0.25, 0.3) is 0 Å². The fourth-order valence-corrected chi connectivity index (χ4v) is 1.75. The summed E-state index contributed by atoms with van der Waals surface area (Å²) in [6.45, 7) is 4.88. The minimum Gasteiger partial charge on any atom is -0.468 e. The SMILES string of the molecule is COC(=O)C(NCC(C)C)c1ccccc1Cl. The van der Waals surface area contributed by atoms with Crippen LogP contribution < -0.4 is 5.32 Å². The van der Waals surface area contributed by atoms with Gasteiger partial charge >= 0.3 is 5.97 Å². The quantitative estimate of drug-likeness (QED) is 0.823. The molecule has 0 amide bonds. The summed E-state index contributed by atoms with van der Waals surface area (Å²) < 4.78 is 4.79. The zero-order chi connectivity index (χ0) is 12.8. The van der Waals surface area contributed by atoms with Crippen LogP contribution in [-0.2, 0) is 9.53 Å². The number of benzene rings is 1. The van der Waals surface area contributed by atoms with Crippen molar-refractivity contribution in [3.63, 3.8) is 0 Å². The minimum atomic E-state index is -0.504. The molecular weight excluding hydrogens is 238 g/mol. The normalized spacial score (nSPS) is 12.5. The number of methoxy groups -OCH3 is 1. The molecule has 0 aromatic heterocycles. The Kier molecular flexibility index (Phi) is 5.45. The van der Waals surface area contributed by atoms with Crippen LogP contribution in [0, 0.1) is 5.92 Å². The molecule has 0 aliphatic rings. The second-order valence-electron chi connectivity index (χ2n) is 4.28. The van der Waals surface area contributed by atoms with E-state index < -0.39 is 6.04 Å². The Balaban J connectivity index is 2.90. The number of nitrogens with one attached hydrogen (secondary N) is 1. The molecule has 94 valence electrons. The van der Waals surface area contributed by atoms with E-state index in [0.29, 0.717) is 10.9 Å². The van der Waals surface area contributed by atoms with Crippen molar-refractivity contribution in [3.8, 4) is 0 Å². The molecule has 0 aliphatic carbocycles. The molecule has 4 heteroatoms. The summed E-state index contributed by atoms with van der Waals surface area (Å²) in [5, 5.41) is 3.74. The summed E-state index contributed by atoms with van der Waals surface area (Å²) in [5.41, 5.74) is 0.752. The van der Waals surface area contributed by atoms with Crippen LogP contribution in [0.1, 0.15) is 25.5 Å². The van der Waals surface area contributed by atoms with E-state index in [9.17, 15) is 4.79 Å². The number of esters is 1. The van der Waals surface area contributed by atoms with Crippen molar-refractivity contribution in [2.24, 2.45) is 5.92 Å². The van der Waals surface area contributed by atoms with Crippen molar-refractivity contribution in [1.29, 1.82) is 0 Å². The van der Waals surface area contributed by atoms with E-state index in [0.717, 1.165) is 12.1 Å². The maximum atomic E-state index is 11.7. The van der Waals surface area contributed by atoms with Gasteiger partial charge in [0.1, 0.15) is 6.04 Å². The Morgan fingerprint density at radius 3 is 2.59 bits per heavy atom. The highest BCUT2D eigenvalue weighted by atomic mass is 35.5. The largest absolute Gasteiger partial charge is 0.468 e. The highest BCUT2D eigenvalue weighted by Crippen LogP contribution is 2.23. The lowest BCUT2D eigenvalue weighted by Crippen LogP contribution is -2.32. The molecule has 0 spiro atoms. The predicted octanol–water partition coefficient (Wildman–Crippen LogP) is 2.80. The standard InChI is InChI=1S/C13H18ClNO2/c1-9(2)8-15-12(13(16)17-3)10-6-4-5-7-11(10)14/h4-7,9,12,15H,8H2,1-3H3. The number of halogens is 1. The zero-order valence-corrected chi connectivity index (χ0v) is 11.1. The molecular formula is C13H18ClNO2. The van der Waals surface area contributed by atoms with Crippen molar-refractivity contribution in [2.75, 3.05) is 13.7 Å². The van der Waals surface area contributed by atoms with Crippen molar-refractivity contribution in [3.05, 3.63) is 34.9 Å². The third-order valence-corrected chi connectivity index (χ3v) is 2.73.